The molecule has 2 aliphatic rings. The SMILES string of the molecule is C[C@H]1CCCC[C@@H]1NC(=O)CC1CCN(C(=O)OC(C)(C)C)CC1. The van der Waals surface area contributed by atoms with Crippen molar-refractivity contribution in [2.75, 3.05) is 13.1 Å². The van der Waals surface area contributed by atoms with E-state index in [1.807, 2.05) is 20.8 Å². The minimum atomic E-state index is -0.454. The lowest BCUT2D eigenvalue weighted by molar-refractivity contribution is -0.123. The molecule has 0 aromatic rings. The van der Waals surface area contributed by atoms with Crippen LogP contribution in [0.1, 0.15) is 72.6 Å². The molecule has 5 heteroatoms. The average Bonchev–Trinajstić information content (AvgIpc) is 2.48. The van der Waals surface area contributed by atoms with Gasteiger partial charge < -0.3 is 15.0 Å². The van der Waals surface area contributed by atoms with Crippen molar-refractivity contribution in [2.24, 2.45) is 11.8 Å². The van der Waals surface area contributed by atoms with E-state index in [0.717, 1.165) is 19.3 Å². The third-order valence-corrected chi connectivity index (χ3v) is 5.20. The number of nitrogens with zero attached hydrogens (tertiary/aromatic N) is 1. The minimum Gasteiger partial charge on any atom is -0.444 e. The van der Waals surface area contributed by atoms with E-state index in [1.165, 1.54) is 19.3 Å². The highest BCUT2D eigenvalue weighted by Crippen LogP contribution is 2.25. The fourth-order valence-electron chi connectivity index (χ4n) is 3.70. The van der Waals surface area contributed by atoms with Crippen molar-refractivity contribution >= 4 is 12.0 Å². The molecule has 0 aromatic heterocycles. The Morgan fingerprint density at radius 3 is 2.29 bits per heavy atom. The van der Waals surface area contributed by atoms with Crippen LogP contribution in [0, 0.1) is 11.8 Å². The Hall–Kier alpha value is -1.26. The van der Waals surface area contributed by atoms with E-state index in [4.69, 9.17) is 4.74 Å². The predicted octanol–water partition coefficient (Wildman–Crippen LogP) is 3.72. The Morgan fingerprint density at radius 2 is 1.71 bits per heavy atom. The van der Waals surface area contributed by atoms with Crippen LogP contribution in [-0.2, 0) is 9.53 Å². The molecule has 1 N–H and O–H groups in total. The summed E-state index contributed by atoms with van der Waals surface area (Å²) in [4.78, 5) is 26.1. The van der Waals surface area contributed by atoms with Gasteiger partial charge in [-0.05, 0) is 58.3 Å². The highest BCUT2D eigenvalue weighted by molar-refractivity contribution is 5.76. The monoisotopic (exact) mass is 338 g/mol. The third kappa shape index (κ3) is 5.99. The van der Waals surface area contributed by atoms with Crippen molar-refractivity contribution in [3.63, 3.8) is 0 Å². The molecule has 1 aliphatic heterocycles. The first-order valence-electron chi connectivity index (χ1n) is 9.52. The van der Waals surface area contributed by atoms with E-state index in [1.54, 1.807) is 4.90 Å². The van der Waals surface area contributed by atoms with Crippen LogP contribution in [-0.4, -0.2) is 41.6 Å². The number of nitrogens with one attached hydrogen (secondary N) is 1. The zero-order valence-corrected chi connectivity index (χ0v) is 15.8. The predicted molar refractivity (Wildman–Crippen MR) is 94.7 cm³/mol. The van der Waals surface area contributed by atoms with Gasteiger partial charge in [0.05, 0.1) is 0 Å². The molecule has 2 amide bonds. The van der Waals surface area contributed by atoms with Crippen LogP contribution in [0.15, 0.2) is 0 Å². The van der Waals surface area contributed by atoms with Crippen molar-refractivity contribution in [3.8, 4) is 0 Å². The third-order valence-electron chi connectivity index (χ3n) is 5.20. The lowest BCUT2D eigenvalue weighted by atomic mass is 9.85. The number of hydrogen-bond acceptors (Lipinski definition) is 3. The van der Waals surface area contributed by atoms with E-state index < -0.39 is 5.60 Å². The number of carbonyl (C=O) groups excluding carboxylic acids is 2. The maximum Gasteiger partial charge on any atom is 0.410 e. The molecule has 5 nitrogen and oxygen atoms in total. The summed E-state index contributed by atoms with van der Waals surface area (Å²) in [5.74, 6) is 1.16. The lowest BCUT2D eigenvalue weighted by Gasteiger charge is -2.34. The smallest absolute Gasteiger partial charge is 0.410 e. The molecule has 0 aromatic carbocycles. The Kier molecular flexibility index (Phi) is 6.53. The van der Waals surface area contributed by atoms with Gasteiger partial charge in [-0.1, -0.05) is 19.8 Å². The van der Waals surface area contributed by atoms with Crippen LogP contribution in [0.2, 0.25) is 0 Å². The first kappa shape index (κ1) is 19.1. The molecule has 2 rings (SSSR count). The van der Waals surface area contributed by atoms with Gasteiger partial charge in [-0.3, -0.25) is 4.79 Å². The molecule has 0 spiro atoms. The summed E-state index contributed by atoms with van der Waals surface area (Å²) in [5.41, 5.74) is -0.454. The molecule has 1 heterocycles. The second kappa shape index (κ2) is 8.21. The quantitative estimate of drug-likeness (QED) is 0.853. The van der Waals surface area contributed by atoms with E-state index in [2.05, 4.69) is 12.2 Å². The molecule has 0 unspecified atom stereocenters. The van der Waals surface area contributed by atoms with Crippen molar-refractivity contribution in [2.45, 2.75) is 84.3 Å². The van der Waals surface area contributed by atoms with Gasteiger partial charge in [-0.15, -0.1) is 0 Å². The van der Waals surface area contributed by atoms with Gasteiger partial charge in [-0.25, -0.2) is 4.79 Å². The highest BCUT2D eigenvalue weighted by atomic mass is 16.6. The largest absolute Gasteiger partial charge is 0.444 e. The van der Waals surface area contributed by atoms with Crippen LogP contribution in [0.5, 0.6) is 0 Å². The van der Waals surface area contributed by atoms with Gasteiger partial charge >= 0.3 is 6.09 Å². The maximum absolute atomic E-state index is 12.3. The molecule has 1 saturated heterocycles. The molecular weight excluding hydrogens is 304 g/mol. The van der Waals surface area contributed by atoms with E-state index >= 15 is 0 Å². The summed E-state index contributed by atoms with van der Waals surface area (Å²) in [5, 5.41) is 3.24. The number of likely N-dealkylation sites (tertiary alicyclic amines) is 1. The standard InChI is InChI=1S/C19H34N2O3/c1-14-7-5-6-8-16(14)20-17(22)13-15-9-11-21(12-10-15)18(23)24-19(2,3)4/h14-16H,5-13H2,1-4H3,(H,20,22)/t14-,16-/m0/s1. The van der Waals surface area contributed by atoms with Gasteiger partial charge in [0, 0.05) is 25.6 Å². The Labute approximate surface area is 146 Å². The summed E-state index contributed by atoms with van der Waals surface area (Å²) >= 11 is 0. The normalized spacial score (nSPS) is 26.1. The highest BCUT2D eigenvalue weighted by Gasteiger charge is 2.29. The topological polar surface area (TPSA) is 58.6 Å². The molecular formula is C19H34N2O3. The zero-order valence-electron chi connectivity index (χ0n) is 15.8. The maximum atomic E-state index is 12.3. The number of amides is 2. The molecule has 2 atom stereocenters. The Morgan fingerprint density at radius 1 is 1.08 bits per heavy atom. The fraction of sp³-hybridized carbons (Fsp3) is 0.895. The second-order valence-corrected chi connectivity index (χ2v) is 8.55. The molecule has 1 aliphatic carbocycles. The number of hydrogen-bond donors (Lipinski definition) is 1. The van der Waals surface area contributed by atoms with Gasteiger partial charge in [0.15, 0.2) is 0 Å². The van der Waals surface area contributed by atoms with Gasteiger partial charge in [0.2, 0.25) is 5.91 Å². The number of piperidine rings is 1. The first-order chi connectivity index (χ1) is 11.2. The van der Waals surface area contributed by atoms with Crippen molar-refractivity contribution in [1.82, 2.24) is 10.2 Å². The van der Waals surface area contributed by atoms with Crippen molar-refractivity contribution in [3.05, 3.63) is 0 Å². The number of ether oxygens (including phenoxy) is 1. The Bertz CT molecular complexity index is 436. The Balaban J connectivity index is 1.70. The fourth-order valence-corrected chi connectivity index (χ4v) is 3.70. The molecule has 24 heavy (non-hydrogen) atoms. The molecule has 138 valence electrons. The van der Waals surface area contributed by atoms with Crippen LogP contribution in [0.4, 0.5) is 4.79 Å². The summed E-state index contributed by atoms with van der Waals surface area (Å²) in [6, 6.07) is 0.355. The lowest BCUT2D eigenvalue weighted by Crippen LogP contribution is -2.44. The van der Waals surface area contributed by atoms with E-state index in [0.29, 0.717) is 37.4 Å². The second-order valence-electron chi connectivity index (χ2n) is 8.55. The number of carbonyl (C=O) groups is 2. The van der Waals surface area contributed by atoms with E-state index in [9.17, 15) is 9.59 Å². The molecule has 2 fully saturated rings. The van der Waals surface area contributed by atoms with Gasteiger partial charge in [0.1, 0.15) is 5.60 Å². The van der Waals surface area contributed by atoms with Gasteiger partial charge in [0.25, 0.3) is 0 Å². The molecule has 0 radical (unpaired) electrons. The minimum absolute atomic E-state index is 0.185. The molecule has 1 saturated carbocycles. The van der Waals surface area contributed by atoms with Crippen LogP contribution >= 0.6 is 0 Å². The van der Waals surface area contributed by atoms with Crippen molar-refractivity contribution in [1.29, 1.82) is 0 Å². The van der Waals surface area contributed by atoms with Crippen molar-refractivity contribution < 1.29 is 14.3 Å². The number of rotatable bonds is 3. The van der Waals surface area contributed by atoms with E-state index in [-0.39, 0.29) is 12.0 Å². The summed E-state index contributed by atoms with van der Waals surface area (Å²) in [6.07, 6.45) is 6.97. The zero-order chi connectivity index (χ0) is 17.7. The van der Waals surface area contributed by atoms with Crippen LogP contribution < -0.4 is 5.32 Å². The summed E-state index contributed by atoms with van der Waals surface area (Å²) < 4.78 is 5.41. The van der Waals surface area contributed by atoms with Crippen LogP contribution in [0.3, 0.4) is 0 Å². The molecule has 0 bridgehead atoms. The van der Waals surface area contributed by atoms with Crippen LogP contribution in [0.25, 0.3) is 0 Å². The van der Waals surface area contributed by atoms with Gasteiger partial charge in [-0.2, -0.15) is 0 Å². The summed E-state index contributed by atoms with van der Waals surface area (Å²) in [7, 11) is 0. The summed E-state index contributed by atoms with van der Waals surface area (Å²) in [6.45, 7) is 9.26. The average molecular weight is 338 g/mol. The first-order valence-corrected chi connectivity index (χ1v) is 9.52.